The van der Waals surface area contributed by atoms with Gasteiger partial charge in [0.25, 0.3) is 0 Å². The van der Waals surface area contributed by atoms with E-state index in [4.69, 9.17) is 14.6 Å². The molecule has 17 heavy (non-hydrogen) atoms. The van der Waals surface area contributed by atoms with Crippen molar-refractivity contribution in [1.82, 2.24) is 0 Å². The lowest BCUT2D eigenvalue weighted by atomic mass is 10.1. The molecule has 1 saturated heterocycles. The number of rotatable bonds is 4. The third kappa shape index (κ3) is 2.83. The summed E-state index contributed by atoms with van der Waals surface area (Å²) in [5.41, 5.74) is 0.956. The Morgan fingerprint density at radius 2 is 1.88 bits per heavy atom. The average molecular weight is 240 g/mol. The molecule has 1 aromatic rings. The smallest absolute Gasteiger partial charge is 0.184 e. The van der Waals surface area contributed by atoms with Gasteiger partial charge in [-0.25, -0.2) is 0 Å². The highest BCUT2D eigenvalue weighted by molar-refractivity contribution is 5.13. The topological polar surface area (TPSA) is 79.2 Å². The average Bonchev–Trinajstić information content (AvgIpc) is 2.64. The molecule has 0 aliphatic carbocycles. The molecule has 94 valence electrons. The summed E-state index contributed by atoms with van der Waals surface area (Å²) in [5.74, 6) is 0. The summed E-state index contributed by atoms with van der Waals surface area (Å²) in [4.78, 5) is 0. The molecule has 0 bridgehead atoms. The van der Waals surface area contributed by atoms with Gasteiger partial charge >= 0.3 is 0 Å². The van der Waals surface area contributed by atoms with E-state index in [1.165, 1.54) is 0 Å². The molecule has 0 amide bonds. The van der Waals surface area contributed by atoms with Crippen molar-refractivity contribution in [3.05, 3.63) is 35.9 Å². The van der Waals surface area contributed by atoms with Crippen LogP contribution in [0.4, 0.5) is 0 Å². The van der Waals surface area contributed by atoms with Crippen LogP contribution in [0.2, 0.25) is 0 Å². The number of benzene rings is 1. The van der Waals surface area contributed by atoms with Crippen LogP contribution in [0, 0.1) is 0 Å². The molecule has 3 N–H and O–H groups in total. The van der Waals surface area contributed by atoms with E-state index in [0.717, 1.165) is 5.56 Å². The van der Waals surface area contributed by atoms with Crippen LogP contribution in [-0.2, 0) is 16.1 Å². The highest BCUT2D eigenvalue weighted by Gasteiger charge is 2.43. The van der Waals surface area contributed by atoms with Crippen molar-refractivity contribution in [1.29, 1.82) is 0 Å². The van der Waals surface area contributed by atoms with Gasteiger partial charge in [-0.05, 0) is 5.56 Å². The minimum Gasteiger partial charge on any atom is -0.394 e. The normalized spacial score (nSPS) is 32.9. The lowest BCUT2D eigenvalue weighted by Crippen LogP contribution is -2.36. The van der Waals surface area contributed by atoms with E-state index in [1.807, 2.05) is 30.3 Å². The molecule has 1 fully saturated rings. The van der Waals surface area contributed by atoms with Crippen molar-refractivity contribution in [3.63, 3.8) is 0 Å². The first-order valence-electron chi connectivity index (χ1n) is 5.50. The quantitative estimate of drug-likeness (QED) is 0.670. The molecule has 0 spiro atoms. The standard InChI is InChI=1S/C12H16O5/c13-6-9-11(10(14)12(15)17-9)16-7-8-4-2-1-3-5-8/h1-5,9-15H,6-7H2/t9-,10-,11+,12-/m1/s1. The molecular formula is C12H16O5. The summed E-state index contributed by atoms with van der Waals surface area (Å²) in [5, 5.41) is 28.0. The van der Waals surface area contributed by atoms with Gasteiger partial charge < -0.3 is 24.8 Å². The van der Waals surface area contributed by atoms with Crippen LogP contribution < -0.4 is 0 Å². The van der Waals surface area contributed by atoms with Gasteiger partial charge in [-0.2, -0.15) is 0 Å². The molecule has 1 aliphatic heterocycles. The summed E-state index contributed by atoms with van der Waals surface area (Å²) in [6.45, 7) is 0.00270. The Morgan fingerprint density at radius 3 is 2.53 bits per heavy atom. The van der Waals surface area contributed by atoms with Crippen LogP contribution in [0.15, 0.2) is 30.3 Å². The van der Waals surface area contributed by atoms with E-state index >= 15 is 0 Å². The van der Waals surface area contributed by atoms with Gasteiger partial charge in [0.15, 0.2) is 6.29 Å². The predicted molar refractivity (Wildman–Crippen MR) is 59.0 cm³/mol. The molecule has 0 radical (unpaired) electrons. The predicted octanol–water partition coefficient (Wildman–Crippen LogP) is -0.358. The van der Waals surface area contributed by atoms with Gasteiger partial charge in [0.2, 0.25) is 0 Å². The number of aliphatic hydroxyl groups is 3. The Labute approximate surface area is 99.2 Å². The summed E-state index contributed by atoms with van der Waals surface area (Å²) in [6.07, 6.45) is -3.83. The number of aliphatic hydroxyl groups excluding tert-OH is 3. The summed E-state index contributed by atoms with van der Waals surface area (Å²) in [6, 6.07) is 9.47. The number of ether oxygens (including phenoxy) is 2. The monoisotopic (exact) mass is 240 g/mol. The third-order valence-electron chi connectivity index (χ3n) is 2.77. The molecule has 1 aromatic carbocycles. The van der Waals surface area contributed by atoms with Crippen LogP contribution in [0.5, 0.6) is 0 Å². The molecule has 0 saturated carbocycles. The summed E-state index contributed by atoms with van der Waals surface area (Å²) < 4.78 is 10.4. The van der Waals surface area contributed by atoms with Crippen LogP contribution in [-0.4, -0.2) is 46.5 Å². The Balaban J connectivity index is 1.93. The van der Waals surface area contributed by atoms with Crippen LogP contribution in [0.25, 0.3) is 0 Å². The van der Waals surface area contributed by atoms with Crippen LogP contribution in [0.1, 0.15) is 5.56 Å². The zero-order valence-corrected chi connectivity index (χ0v) is 9.27. The maximum absolute atomic E-state index is 9.63. The second-order valence-corrected chi connectivity index (χ2v) is 4.00. The minimum absolute atomic E-state index is 0.298. The first kappa shape index (κ1) is 12.5. The minimum atomic E-state index is -1.30. The molecule has 1 aliphatic rings. The molecule has 5 heteroatoms. The van der Waals surface area contributed by atoms with E-state index in [-0.39, 0.29) is 6.61 Å². The van der Waals surface area contributed by atoms with Crippen molar-refractivity contribution in [2.45, 2.75) is 31.2 Å². The van der Waals surface area contributed by atoms with Crippen molar-refractivity contribution in [3.8, 4) is 0 Å². The fourth-order valence-corrected chi connectivity index (χ4v) is 1.84. The van der Waals surface area contributed by atoms with Gasteiger partial charge in [-0.15, -0.1) is 0 Å². The van der Waals surface area contributed by atoms with Crippen molar-refractivity contribution in [2.75, 3.05) is 6.61 Å². The van der Waals surface area contributed by atoms with E-state index in [1.54, 1.807) is 0 Å². The second kappa shape index (κ2) is 5.57. The maximum Gasteiger partial charge on any atom is 0.184 e. The fourth-order valence-electron chi connectivity index (χ4n) is 1.84. The highest BCUT2D eigenvalue weighted by Crippen LogP contribution is 2.23. The molecule has 0 aromatic heterocycles. The lowest BCUT2D eigenvalue weighted by Gasteiger charge is -2.19. The fraction of sp³-hybridized carbons (Fsp3) is 0.500. The summed E-state index contributed by atoms with van der Waals surface area (Å²) >= 11 is 0. The SMILES string of the molecule is OC[C@H]1O[C@@H](O)[C@H](O)[C@H]1OCc1ccccc1. The Bertz CT molecular complexity index is 342. The first-order valence-corrected chi connectivity index (χ1v) is 5.50. The maximum atomic E-state index is 9.63. The highest BCUT2D eigenvalue weighted by atomic mass is 16.7. The molecule has 2 rings (SSSR count). The van der Waals surface area contributed by atoms with Crippen molar-refractivity contribution in [2.24, 2.45) is 0 Å². The van der Waals surface area contributed by atoms with E-state index < -0.39 is 24.6 Å². The largest absolute Gasteiger partial charge is 0.394 e. The van der Waals surface area contributed by atoms with Crippen molar-refractivity contribution >= 4 is 0 Å². The Morgan fingerprint density at radius 1 is 1.18 bits per heavy atom. The van der Waals surface area contributed by atoms with Crippen LogP contribution in [0.3, 0.4) is 0 Å². The van der Waals surface area contributed by atoms with Crippen LogP contribution >= 0.6 is 0 Å². The van der Waals surface area contributed by atoms with E-state index in [2.05, 4.69) is 0 Å². The number of hydrogen-bond acceptors (Lipinski definition) is 5. The molecular weight excluding hydrogens is 224 g/mol. The van der Waals surface area contributed by atoms with Crippen molar-refractivity contribution < 1.29 is 24.8 Å². The first-order chi connectivity index (χ1) is 8.22. The Kier molecular flexibility index (Phi) is 4.09. The zero-order chi connectivity index (χ0) is 12.3. The molecule has 5 nitrogen and oxygen atoms in total. The molecule has 1 heterocycles. The van der Waals surface area contributed by atoms with E-state index in [0.29, 0.717) is 6.61 Å². The summed E-state index contributed by atoms with van der Waals surface area (Å²) in [7, 11) is 0. The van der Waals surface area contributed by atoms with Gasteiger partial charge in [0.1, 0.15) is 18.3 Å². The molecule has 4 atom stereocenters. The zero-order valence-electron chi connectivity index (χ0n) is 9.27. The molecule has 0 unspecified atom stereocenters. The van der Waals surface area contributed by atoms with Gasteiger partial charge in [-0.3, -0.25) is 0 Å². The van der Waals surface area contributed by atoms with Gasteiger partial charge in [0, 0.05) is 0 Å². The lowest BCUT2D eigenvalue weighted by molar-refractivity contribution is -0.132. The second-order valence-electron chi connectivity index (χ2n) is 4.00. The Hall–Kier alpha value is -0.980. The number of hydrogen-bond donors (Lipinski definition) is 3. The van der Waals surface area contributed by atoms with Gasteiger partial charge in [0.05, 0.1) is 13.2 Å². The third-order valence-corrected chi connectivity index (χ3v) is 2.77. The van der Waals surface area contributed by atoms with Gasteiger partial charge in [-0.1, -0.05) is 30.3 Å². The van der Waals surface area contributed by atoms with E-state index in [9.17, 15) is 10.2 Å².